The van der Waals surface area contributed by atoms with Gasteiger partial charge in [-0.3, -0.25) is 0 Å². The molecule has 2 heteroatoms. The van der Waals surface area contributed by atoms with Gasteiger partial charge in [-0.25, -0.2) is 0 Å². The SMILES string of the molecule is CCCCC(Oc1ccc(O)c(C)c1)c1cccc(-c2ccc(C)cc2)c1C. The number of phenolic OH excluding ortho intramolecular Hbond substituents is 1. The van der Waals surface area contributed by atoms with E-state index in [9.17, 15) is 5.11 Å². The zero-order valence-electron chi connectivity index (χ0n) is 17.3. The van der Waals surface area contributed by atoms with Crippen molar-refractivity contribution < 1.29 is 9.84 Å². The second kappa shape index (κ2) is 8.97. The maximum atomic E-state index is 9.81. The average Bonchev–Trinajstić information content (AvgIpc) is 2.69. The van der Waals surface area contributed by atoms with Crippen LogP contribution in [0.5, 0.6) is 11.5 Å². The monoisotopic (exact) mass is 374 g/mol. The van der Waals surface area contributed by atoms with Crippen molar-refractivity contribution in [1.82, 2.24) is 0 Å². The van der Waals surface area contributed by atoms with Crippen molar-refractivity contribution in [2.75, 3.05) is 0 Å². The summed E-state index contributed by atoms with van der Waals surface area (Å²) in [5, 5.41) is 9.81. The van der Waals surface area contributed by atoms with Crippen LogP contribution in [0.3, 0.4) is 0 Å². The van der Waals surface area contributed by atoms with Crippen LogP contribution >= 0.6 is 0 Å². The van der Waals surface area contributed by atoms with Crippen molar-refractivity contribution >= 4 is 0 Å². The standard InChI is InChI=1S/C26H30O2/c1-5-6-10-26(28-22-15-16-25(27)19(3)17-22)24-9-7-8-23(20(24)4)21-13-11-18(2)12-14-21/h7-9,11-17,26-27H,5-6,10H2,1-4H3. The van der Waals surface area contributed by atoms with E-state index in [4.69, 9.17) is 4.74 Å². The molecule has 1 atom stereocenters. The fourth-order valence-electron chi connectivity index (χ4n) is 3.58. The molecule has 3 aromatic rings. The van der Waals surface area contributed by atoms with Gasteiger partial charge in [-0.1, -0.05) is 61.4 Å². The lowest BCUT2D eigenvalue weighted by Gasteiger charge is -2.23. The molecular weight excluding hydrogens is 344 g/mol. The highest BCUT2D eigenvalue weighted by molar-refractivity contribution is 5.69. The first-order chi connectivity index (χ1) is 13.5. The van der Waals surface area contributed by atoms with Crippen LogP contribution in [0.4, 0.5) is 0 Å². The minimum Gasteiger partial charge on any atom is -0.508 e. The summed E-state index contributed by atoms with van der Waals surface area (Å²) in [6.07, 6.45) is 3.20. The zero-order valence-corrected chi connectivity index (χ0v) is 17.3. The van der Waals surface area contributed by atoms with Gasteiger partial charge in [0.25, 0.3) is 0 Å². The maximum Gasteiger partial charge on any atom is 0.124 e. The van der Waals surface area contributed by atoms with E-state index in [-0.39, 0.29) is 6.10 Å². The first-order valence-electron chi connectivity index (χ1n) is 10.1. The van der Waals surface area contributed by atoms with Crippen molar-refractivity contribution in [3.63, 3.8) is 0 Å². The summed E-state index contributed by atoms with van der Waals surface area (Å²) in [7, 11) is 0. The smallest absolute Gasteiger partial charge is 0.124 e. The Morgan fingerprint density at radius 3 is 2.36 bits per heavy atom. The Labute approximate surface area is 168 Å². The van der Waals surface area contributed by atoms with Crippen LogP contribution in [0.1, 0.15) is 54.5 Å². The third-order valence-corrected chi connectivity index (χ3v) is 5.35. The molecule has 28 heavy (non-hydrogen) atoms. The number of phenols is 1. The molecule has 1 unspecified atom stereocenters. The Morgan fingerprint density at radius 2 is 1.68 bits per heavy atom. The molecule has 0 saturated carbocycles. The van der Waals surface area contributed by atoms with E-state index in [1.54, 1.807) is 6.07 Å². The highest BCUT2D eigenvalue weighted by Gasteiger charge is 2.18. The van der Waals surface area contributed by atoms with Crippen molar-refractivity contribution in [3.05, 3.63) is 82.9 Å². The zero-order chi connectivity index (χ0) is 20.1. The van der Waals surface area contributed by atoms with E-state index < -0.39 is 0 Å². The van der Waals surface area contributed by atoms with Gasteiger partial charge in [0.2, 0.25) is 0 Å². The number of ether oxygens (including phenoxy) is 1. The molecule has 0 aromatic heterocycles. The highest BCUT2D eigenvalue weighted by Crippen LogP contribution is 2.34. The Kier molecular flexibility index (Phi) is 6.41. The molecule has 0 spiro atoms. The van der Waals surface area contributed by atoms with Crippen LogP contribution in [-0.4, -0.2) is 5.11 Å². The van der Waals surface area contributed by atoms with E-state index in [0.29, 0.717) is 5.75 Å². The van der Waals surface area contributed by atoms with E-state index in [1.165, 1.54) is 27.8 Å². The number of unbranched alkanes of at least 4 members (excludes halogenated alkanes) is 1. The molecule has 0 aliphatic rings. The number of aromatic hydroxyl groups is 1. The molecule has 0 bridgehead atoms. The maximum absolute atomic E-state index is 9.81. The van der Waals surface area contributed by atoms with Gasteiger partial charge in [-0.2, -0.15) is 0 Å². The molecule has 0 saturated heterocycles. The van der Waals surface area contributed by atoms with Gasteiger partial charge in [0.15, 0.2) is 0 Å². The number of hydrogen-bond donors (Lipinski definition) is 1. The van der Waals surface area contributed by atoms with Crippen molar-refractivity contribution in [2.24, 2.45) is 0 Å². The summed E-state index contributed by atoms with van der Waals surface area (Å²) in [5.41, 5.74) is 7.09. The van der Waals surface area contributed by atoms with Crippen LogP contribution in [0.25, 0.3) is 11.1 Å². The highest BCUT2D eigenvalue weighted by atomic mass is 16.5. The third kappa shape index (κ3) is 4.56. The fourth-order valence-corrected chi connectivity index (χ4v) is 3.58. The molecular formula is C26H30O2. The lowest BCUT2D eigenvalue weighted by atomic mass is 9.92. The molecule has 2 nitrogen and oxygen atoms in total. The van der Waals surface area contributed by atoms with Gasteiger partial charge >= 0.3 is 0 Å². The normalized spacial score (nSPS) is 12.0. The van der Waals surface area contributed by atoms with E-state index in [2.05, 4.69) is 63.2 Å². The molecule has 0 amide bonds. The molecule has 0 radical (unpaired) electrons. The summed E-state index contributed by atoms with van der Waals surface area (Å²) in [5.74, 6) is 1.10. The second-order valence-corrected chi connectivity index (χ2v) is 7.58. The molecule has 1 N–H and O–H groups in total. The van der Waals surface area contributed by atoms with E-state index in [1.807, 2.05) is 19.1 Å². The van der Waals surface area contributed by atoms with Crippen molar-refractivity contribution in [2.45, 2.75) is 53.1 Å². The number of aryl methyl sites for hydroxylation is 2. The minimum atomic E-state index is -0.00529. The van der Waals surface area contributed by atoms with Gasteiger partial charge in [-0.15, -0.1) is 0 Å². The molecule has 3 rings (SSSR count). The first kappa shape index (κ1) is 20.0. The third-order valence-electron chi connectivity index (χ3n) is 5.35. The summed E-state index contributed by atoms with van der Waals surface area (Å²) in [4.78, 5) is 0. The quantitative estimate of drug-likeness (QED) is 0.470. The molecule has 0 aliphatic carbocycles. The Balaban J connectivity index is 1.96. The number of hydrogen-bond acceptors (Lipinski definition) is 2. The van der Waals surface area contributed by atoms with Crippen LogP contribution in [0.15, 0.2) is 60.7 Å². The van der Waals surface area contributed by atoms with Gasteiger partial charge in [-0.05, 0) is 79.6 Å². The van der Waals surface area contributed by atoms with Gasteiger partial charge < -0.3 is 9.84 Å². The minimum absolute atomic E-state index is 0.00529. The second-order valence-electron chi connectivity index (χ2n) is 7.58. The van der Waals surface area contributed by atoms with Crippen molar-refractivity contribution in [3.8, 4) is 22.6 Å². The van der Waals surface area contributed by atoms with Crippen LogP contribution in [-0.2, 0) is 0 Å². The molecule has 0 aliphatic heterocycles. The first-order valence-corrected chi connectivity index (χ1v) is 10.1. The number of rotatable bonds is 7. The summed E-state index contributed by atoms with van der Waals surface area (Å²) < 4.78 is 6.42. The lowest BCUT2D eigenvalue weighted by molar-refractivity contribution is 0.190. The van der Waals surface area contributed by atoms with Crippen LogP contribution in [0, 0.1) is 20.8 Å². The Morgan fingerprint density at radius 1 is 0.929 bits per heavy atom. The lowest BCUT2D eigenvalue weighted by Crippen LogP contribution is -2.10. The van der Waals surface area contributed by atoms with Crippen LogP contribution in [0.2, 0.25) is 0 Å². The number of benzene rings is 3. The summed E-state index contributed by atoms with van der Waals surface area (Å²) in [6, 6.07) is 20.6. The van der Waals surface area contributed by atoms with Crippen molar-refractivity contribution in [1.29, 1.82) is 0 Å². The molecule has 146 valence electrons. The van der Waals surface area contributed by atoms with Gasteiger partial charge in [0, 0.05) is 0 Å². The Hall–Kier alpha value is -2.74. The van der Waals surface area contributed by atoms with Crippen LogP contribution < -0.4 is 4.74 Å². The summed E-state index contributed by atoms with van der Waals surface area (Å²) in [6.45, 7) is 8.40. The Bertz CT molecular complexity index is 926. The molecule has 0 heterocycles. The molecule has 3 aromatic carbocycles. The predicted octanol–water partition coefficient (Wildman–Crippen LogP) is 7.29. The van der Waals surface area contributed by atoms with Gasteiger partial charge in [0.1, 0.15) is 17.6 Å². The summed E-state index contributed by atoms with van der Waals surface area (Å²) >= 11 is 0. The van der Waals surface area contributed by atoms with Gasteiger partial charge in [0.05, 0.1) is 0 Å². The van der Waals surface area contributed by atoms with E-state index >= 15 is 0 Å². The largest absolute Gasteiger partial charge is 0.508 e. The van der Waals surface area contributed by atoms with E-state index in [0.717, 1.165) is 30.6 Å². The predicted molar refractivity (Wildman–Crippen MR) is 117 cm³/mol. The topological polar surface area (TPSA) is 29.5 Å². The molecule has 0 fully saturated rings. The fraction of sp³-hybridized carbons (Fsp3) is 0.308. The average molecular weight is 375 g/mol.